The van der Waals surface area contributed by atoms with Crippen molar-refractivity contribution in [3.63, 3.8) is 0 Å². The van der Waals surface area contributed by atoms with Crippen LogP contribution in [0.3, 0.4) is 0 Å². The van der Waals surface area contributed by atoms with E-state index in [1.807, 2.05) is 36.4 Å². The van der Waals surface area contributed by atoms with Crippen LogP contribution in [-0.4, -0.2) is 29.0 Å². The number of piperidine rings is 1. The molecular formula is C22H20F2N4O. The first-order chi connectivity index (χ1) is 14.1. The van der Waals surface area contributed by atoms with E-state index in [1.54, 1.807) is 0 Å². The number of hydrogen-bond donors (Lipinski definition) is 1. The van der Waals surface area contributed by atoms with E-state index in [9.17, 15) is 13.6 Å². The molecule has 1 aliphatic heterocycles. The van der Waals surface area contributed by atoms with Crippen LogP contribution in [0.25, 0.3) is 11.3 Å². The summed E-state index contributed by atoms with van der Waals surface area (Å²) in [6, 6.07) is 15.1. The number of aromatic nitrogens is 2. The first-order valence-electron chi connectivity index (χ1n) is 9.48. The molecule has 1 N–H and O–H groups in total. The Morgan fingerprint density at radius 1 is 1.03 bits per heavy atom. The standard InChI is InChI=1S/C22H20F2N4O/c23-18-9-8-17(11-19(18)24)27-22(29)16-7-4-10-28(13-16)21-12-20(25-14-26-21)15-5-2-1-3-6-15/h1-3,5-6,8-9,11-12,14,16H,4,7,10,13H2,(H,27,29). The van der Waals surface area contributed by atoms with Gasteiger partial charge in [-0.3, -0.25) is 4.79 Å². The van der Waals surface area contributed by atoms with Gasteiger partial charge in [0.05, 0.1) is 11.6 Å². The van der Waals surface area contributed by atoms with Gasteiger partial charge in [0, 0.05) is 36.5 Å². The zero-order valence-corrected chi connectivity index (χ0v) is 15.7. The van der Waals surface area contributed by atoms with Crippen LogP contribution < -0.4 is 10.2 Å². The molecule has 2 aromatic carbocycles. The van der Waals surface area contributed by atoms with Gasteiger partial charge in [0.15, 0.2) is 11.6 Å². The van der Waals surface area contributed by atoms with Crippen LogP contribution in [0.15, 0.2) is 60.9 Å². The molecule has 1 unspecified atom stereocenters. The number of benzene rings is 2. The van der Waals surface area contributed by atoms with E-state index < -0.39 is 11.6 Å². The Kier molecular flexibility index (Phi) is 5.46. The van der Waals surface area contributed by atoms with Gasteiger partial charge < -0.3 is 10.2 Å². The van der Waals surface area contributed by atoms with Gasteiger partial charge in [-0.1, -0.05) is 30.3 Å². The number of carbonyl (C=O) groups excluding carboxylic acids is 1. The molecule has 1 fully saturated rings. The predicted molar refractivity (Wildman–Crippen MR) is 107 cm³/mol. The van der Waals surface area contributed by atoms with Gasteiger partial charge in [0.1, 0.15) is 12.1 Å². The summed E-state index contributed by atoms with van der Waals surface area (Å²) in [5, 5.41) is 2.68. The second kappa shape index (κ2) is 8.34. The maximum atomic E-state index is 13.4. The number of anilines is 2. The second-order valence-corrected chi connectivity index (χ2v) is 7.03. The van der Waals surface area contributed by atoms with Crippen molar-refractivity contribution in [1.29, 1.82) is 0 Å². The average Bonchev–Trinajstić information content (AvgIpc) is 2.77. The topological polar surface area (TPSA) is 58.1 Å². The molecule has 1 aliphatic rings. The number of rotatable bonds is 4. The van der Waals surface area contributed by atoms with Gasteiger partial charge in [-0.05, 0) is 25.0 Å². The van der Waals surface area contributed by atoms with E-state index in [4.69, 9.17) is 0 Å². The van der Waals surface area contributed by atoms with Crippen molar-refractivity contribution in [3.05, 3.63) is 72.6 Å². The van der Waals surface area contributed by atoms with Crippen molar-refractivity contribution in [2.75, 3.05) is 23.3 Å². The minimum absolute atomic E-state index is 0.210. The average molecular weight is 394 g/mol. The quantitative estimate of drug-likeness (QED) is 0.718. The summed E-state index contributed by atoms with van der Waals surface area (Å²) >= 11 is 0. The normalized spacial score (nSPS) is 16.5. The van der Waals surface area contributed by atoms with Crippen molar-refractivity contribution >= 4 is 17.4 Å². The lowest BCUT2D eigenvalue weighted by atomic mass is 9.97. The van der Waals surface area contributed by atoms with Gasteiger partial charge in [0.25, 0.3) is 0 Å². The number of hydrogen-bond acceptors (Lipinski definition) is 4. The molecule has 0 bridgehead atoms. The fraction of sp³-hybridized carbons (Fsp3) is 0.227. The van der Waals surface area contributed by atoms with Crippen molar-refractivity contribution in [2.24, 2.45) is 5.92 Å². The molecule has 0 saturated carbocycles. The highest BCUT2D eigenvalue weighted by atomic mass is 19.2. The van der Waals surface area contributed by atoms with Crippen LogP contribution in [0.1, 0.15) is 12.8 Å². The fourth-order valence-corrected chi connectivity index (χ4v) is 3.50. The van der Waals surface area contributed by atoms with Crippen molar-refractivity contribution < 1.29 is 13.6 Å². The third kappa shape index (κ3) is 4.39. The molecular weight excluding hydrogens is 374 g/mol. The Morgan fingerprint density at radius 3 is 2.66 bits per heavy atom. The predicted octanol–water partition coefficient (Wildman–Crippen LogP) is 4.28. The molecule has 1 saturated heterocycles. The van der Waals surface area contributed by atoms with Gasteiger partial charge >= 0.3 is 0 Å². The summed E-state index contributed by atoms with van der Waals surface area (Å²) in [6.07, 6.45) is 3.09. The van der Waals surface area contributed by atoms with E-state index in [0.29, 0.717) is 6.54 Å². The van der Waals surface area contributed by atoms with Crippen molar-refractivity contribution in [2.45, 2.75) is 12.8 Å². The minimum atomic E-state index is -0.984. The summed E-state index contributed by atoms with van der Waals surface area (Å²) in [7, 11) is 0. The van der Waals surface area contributed by atoms with Gasteiger partial charge in [0.2, 0.25) is 5.91 Å². The van der Waals surface area contributed by atoms with Crippen LogP contribution in [0.4, 0.5) is 20.3 Å². The van der Waals surface area contributed by atoms with Crippen molar-refractivity contribution in [1.82, 2.24) is 9.97 Å². The smallest absolute Gasteiger partial charge is 0.229 e. The van der Waals surface area contributed by atoms with E-state index in [-0.39, 0.29) is 17.5 Å². The molecule has 0 aliphatic carbocycles. The Balaban J connectivity index is 1.47. The molecule has 7 heteroatoms. The minimum Gasteiger partial charge on any atom is -0.356 e. The number of halogens is 2. The maximum Gasteiger partial charge on any atom is 0.229 e. The lowest BCUT2D eigenvalue weighted by Crippen LogP contribution is -2.41. The molecule has 5 nitrogen and oxygen atoms in total. The van der Waals surface area contributed by atoms with E-state index >= 15 is 0 Å². The van der Waals surface area contributed by atoms with Crippen LogP contribution in [-0.2, 0) is 4.79 Å². The third-order valence-corrected chi connectivity index (χ3v) is 5.03. The molecule has 29 heavy (non-hydrogen) atoms. The van der Waals surface area contributed by atoms with Crippen LogP contribution in [0.2, 0.25) is 0 Å². The number of nitrogens with zero attached hydrogens (tertiary/aromatic N) is 3. The summed E-state index contributed by atoms with van der Waals surface area (Å²) in [5.74, 6) is -1.64. The highest BCUT2D eigenvalue weighted by Gasteiger charge is 2.27. The molecule has 0 spiro atoms. The molecule has 3 aromatic rings. The molecule has 1 aromatic heterocycles. The molecule has 0 radical (unpaired) electrons. The molecule has 4 rings (SSSR count). The van der Waals surface area contributed by atoms with Crippen molar-refractivity contribution in [3.8, 4) is 11.3 Å². The van der Waals surface area contributed by atoms with E-state index in [0.717, 1.165) is 48.6 Å². The lowest BCUT2D eigenvalue weighted by molar-refractivity contribution is -0.120. The summed E-state index contributed by atoms with van der Waals surface area (Å²) in [6.45, 7) is 1.29. The SMILES string of the molecule is O=C(Nc1ccc(F)c(F)c1)C1CCCN(c2cc(-c3ccccc3)ncn2)C1. The Labute approximate surface area is 167 Å². The summed E-state index contributed by atoms with van der Waals surface area (Å²) in [4.78, 5) is 23.4. The van der Waals surface area contributed by atoms with Crippen LogP contribution in [0, 0.1) is 17.6 Å². The van der Waals surface area contributed by atoms with E-state index in [2.05, 4.69) is 20.2 Å². The zero-order chi connectivity index (χ0) is 20.2. The fourth-order valence-electron chi connectivity index (χ4n) is 3.50. The zero-order valence-electron chi connectivity index (χ0n) is 15.7. The highest BCUT2D eigenvalue weighted by molar-refractivity contribution is 5.93. The molecule has 1 atom stereocenters. The van der Waals surface area contributed by atoms with Crippen LogP contribution >= 0.6 is 0 Å². The number of amides is 1. The molecule has 148 valence electrons. The summed E-state index contributed by atoms with van der Waals surface area (Å²) in [5.41, 5.74) is 2.07. The molecule has 1 amide bonds. The third-order valence-electron chi connectivity index (χ3n) is 5.03. The number of nitrogens with one attached hydrogen (secondary N) is 1. The highest BCUT2D eigenvalue weighted by Crippen LogP contribution is 2.26. The monoisotopic (exact) mass is 394 g/mol. The Bertz CT molecular complexity index is 1010. The number of carbonyl (C=O) groups is 1. The van der Waals surface area contributed by atoms with Gasteiger partial charge in [-0.25, -0.2) is 18.7 Å². The second-order valence-electron chi connectivity index (χ2n) is 7.03. The first-order valence-corrected chi connectivity index (χ1v) is 9.48. The van der Waals surface area contributed by atoms with Gasteiger partial charge in [-0.15, -0.1) is 0 Å². The van der Waals surface area contributed by atoms with Crippen LogP contribution in [0.5, 0.6) is 0 Å². The first kappa shape index (κ1) is 19.0. The Morgan fingerprint density at radius 2 is 1.86 bits per heavy atom. The van der Waals surface area contributed by atoms with E-state index in [1.165, 1.54) is 12.4 Å². The molecule has 2 heterocycles. The summed E-state index contributed by atoms with van der Waals surface area (Å²) < 4.78 is 26.5. The Hall–Kier alpha value is -3.35. The maximum absolute atomic E-state index is 13.4. The largest absolute Gasteiger partial charge is 0.356 e. The van der Waals surface area contributed by atoms with Gasteiger partial charge in [-0.2, -0.15) is 0 Å². The lowest BCUT2D eigenvalue weighted by Gasteiger charge is -2.33.